The highest BCUT2D eigenvalue weighted by molar-refractivity contribution is 5.88. The molecule has 9 nitrogen and oxygen atoms in total. The van der Waals surface area contributed by atoms with E-state index >= 15 is 0 Å². The Hall–Kier alpha value is -1.71. The molecule has 0 radical (unpaired) electrons. The van der Waals surface area contributed by atoms with Gasteiger partial charge in [0.1, 0.15) is 11.6 Å². The van der Waals surface area contributed by atoms with Crippen LogP contribution >= 0.6 is 0 Å². The Labute approximate surface area is 185 Å². The Bertz CT molecular complexity index is 596. The number of likely N-dealkylation sites (tertiary alicyclic amines) is 1. The summed E-state index contributed by atoms with van der Waals surface area (Å²) in [6.07, 6.45) is 0.362. The van der Waals surface area contributed by atoms with Gasteiger partial charge >= 0.3 is 5.97 Å². The molecule has 1 saturated heterocycles. The lowest BCUT2D eigenvalue weighted by atomic mass is 9.85. The lowest BCUT2D eigenvalue weighted by Gasteiger charge is -2.33. The second-order valence-electron chi connectivity index (χ2n) is 9.90. The topological polar surface area (TPSA) is 114 Å². The van der Waals surface area contributed by atoms with Gasteiger partial charge in [0.15, 0.2) is 0 Å². The molecule has 9 heteroatoms. The van der Waals surface area contributed by atoms with Crippen LogP contribution in [0.25, 0.3) is 0 Å². The first-order valence-electron chi connectivity index (χ1n) is 10.9. The van der Waals surface area contributed by atoms with E-state index in [4.69, 9.17) is 14.2 Å². The molecule has 0 spiro atoms. The molecule has 180 valence electrons. The summed E-state index contributed by atoms with van der Waals surface area (Å²) in [4.78, 5) is 38.3. The van der Waals surface area contributed by atoms with E-state index in [9.17, 15) is 19.5 Å². The van der Waals surface area contributed by atoms with Gasteiger partial charge < -0.3 is 29.5 Å². The SMILES string of the molecule is CC(C)(C)OC(=O)CCOCCOCCC(=O)NC(C(=O)N1CCC(O)C1)C(C)(C)C. The third kappa shape index (κ3) is 11.5. The molecule has 0 aromatic rings. The number of aliphatic hydroxyl groups excluding tert-OH is 1. The number of esters is 1. The number of ether oxygens (including phenoxy) is 3. The van der Waals surface area contributed by atoms with E-state index in [1.807, 2.05) is 41.5 Å². The van der Waals surface area contributed by atoms with Crippen molar-refractivity contribution in [3.63, 3.8) is 0 Å². The Morgan fingerprint density at radius 1 is 1.00 bits per heavy atom. The van der Waals surface area contributed by atoms with Crippen LogP contribution in [0, 0.1) is 5.41 Å². The number of aliphatic hydroxyl groups is 1. The molecule has 2 N–H and O–H groups in total. The Morgan fingerprint density at radius 3 is 2.06 bits per heavy atom. The average Bonchev–Trinajstić information content (AvgIpc) is 3.05. The van der Waals surface area contributed by atoms with Crippen molar-refractivity contribution >= 4 is 17.8 Å². The van der Waals surface area contributed by atoms with Crippen LogP contribution in [-0.2, 0) is 28.6 Å². The predicted octanol–water partition coefficient (Wildman–Crippen LogP) is 1.27. The second kappa shape index (κ2) is 12.4. The predicted molar refractivity (Wildman–Crippen MR) is 115 cm³/mol. The molecular weight excluding hydrogens is 404 g/mol. The van der Waals surface area contributed by atoms with Crippen molar-refractivity contribution in [1.29, 1.82) is 0 Å². The number of hydrogen-bond donors (Lipinski definition) is 2. The Kier molecular flexibility index (Phi) is 10.9. The van der Waals surface area contributed by atoms with Gasteiger partial charge in [-0.25, -0.2) is 0 Å². The molecule has 2 unspecified atom stereocenters. The van der Waals surface area contributed by atoms with Crippen LogP contribution in [0.15, 0.2) is 0 Å². The number of carbonyl (C=O) groups is 3. The fourth-order valence-corrected chi connectivity index (χ4v) is 3.04. The van der Waals surface area contributed by atoms with Crippen molar-refractivity contribution in [3.8, 4) is 0 Å². The lowest BCUT2D eigenvalue weighted by molar-refractivity contribution is -0.156. The molecule has 0 aromatic heterocycles. The minimum atomic E-state index is -0.665. The lowest BCUT2D eigenvalue weighted by Crippen LogP contribution is -2.54. The van der Waals surface area contributed by atoms with Crippen LogP contribution in [0.2, 0.25) is 0 Å². The van der Waals surface area contributed by atoms with Crippen molar-refractivity contribution in [2.45, 2.75) is 78.6 Å². The largest absolute Gasteiger partial charge is 0.460 e. The Balaban J connectivity index is 2.23. The first-order chi connectivity index (χ1) is 14.3. The fourth-order valence-electron chi connectivity index (χ4n) is 3.04. The van der Waals surface area contributed by atoms with Crippen LogP contribution in [0.3, 0.4) is 0 Å². The smallest absolute Gasteiger partial charge is 0.308 e. The van der Waals surface area contributed by atoms with Crippen molar-refractivity contribution in [3.05, 3.63) is 0 Å². The van der Waals surface area contributed by atoms with E-state index in [1.165, 1.54) is 0 Å². The van der Waals surface area contributed by atoms with Crippen LogP contribution in [0.4, 0.5) is 0 Å². The number of nitrogens with zero attached hydrogens (tertiary/aromatic N) is 1. The number of β-amino-alcohol motifs (C(OH)–C–C–N with tert-alkyl or cyclic N) is 1. The normalized spacial score (nSPS) is 18.0. The van der Waals surface area contributed by atoms with Crippen LogP contribution in [0.5, 0.6) is 0 Å². The zero-order chi connectivity index (χ0) is 23.7. The summed E-state index contributed by atoms with van der Waals surface area (Å²) >= 11 is 0. The summed E-state index contributed by atoms with van der Waals surface area (Å²) < 4.78 is 15.9. The molecular formula is C22H40N2O7. The maximum absolute atomic E-state index is 12.8. The van der Waals surface area contributed by atoms with E-state index in [0.29, 0.717) is 32.7 Å². The highest BCUT2D eigenvalue weighted by Gasteiger charge is 2.37. The van der Waals surface area contributed by atoms with E-state index in [0.717, 1.165) is 0 Å². The molecule has 1 aliphatic heterocycles. The number of nitrogens with one attached hydrogen (secondary N) is 1. The molecule has 0 saturated carbocycles. The standard InChI is InChI=1S/C22H40N2O7/c1-21(2,3)19(20(28)24-10-7-16(25)15-24)23-17(26)8-11-29-13-14-30-12-9-18(27)31-22(4,5)6/h16,19,25H,7-15H2,1-6H3,(H,23,26). The van der Waals surface area contributed by atoms with Gasteiger partial charge in [-0.05, 0) is 32.6 Å². The molecule has 1 heterocycles. The van der Waals surface area contributed by atoms with Gasteiger partial charge in [-0.3, -0.25) is 14.4 Å². The molecule has 31 heavy (non-hydrogen) atoms. The summed E-state index contributed by atoms with van der Waals surface area (Å²) in [6.45, 7) is 13.0. The van der Waals surface area contributed by atoms with Gasteiger partial charge in [0.05, 0.1) is 39.0 Å². The molecule has 2 atom stereocenters. The third-order valence-electron chi connectivity index (χ3n) is 4.61. The van der Waals surface area contributed by atoms with Gasteiger partial charge in [-0.2, -0.15) is 0 Å². The van der Waals surface area contributed by atoms with Crippen molar-refractivity contribution in [1.82, 2.24) is 10.2 Å². The van der Waals surface area contributed by atoms with Gasteiger partial charge in [-0.15, -0.1) is 0 Å². The van der Waals surface area contributed by atoms with Crippen LogP contribution < -0.4 is 5.32 Å². The number of carbonyl (C=O) groups excluding carboxylic acids is 3. The van der Waals surface area contributed by atoms with E-state index in [1.54, 1.807) is 4.90 Å². The molecule has 1 rings (SSSR count). The highest BCUT2D eigenvalue weighted by Crippen LogP contribution is 2.23. The van der Waals surface area contributed by atoms with E-state index in [2.05, 4.69) is 5.32 Å². The van der Waals surface area contributed by atoms with Gasteiger partial charge in [0, 0.05) is 19.5 Å². The summed E-state index contributed by atoms with van der Waals surface area (Å²) in [6, 6.07) is -0.665. The molecule has 1 fully saturated rings. The van der Waals surface area contributed by atoms with E-state index < -0.39 is 23.2 Å². The Morgan fingerprint density at radius 2 is 1.58 bits per heavy atom. The van der Waals surface area contributed by atoms with Crippen LogP contribution in [-0.4, -0.2) is 85.1 Å². The maximum Gasteiger partial charge on any atom is 0.308 e. The van der Waals surface area contributed by atoms with Crippen molar-refractivity contribution in [2.24, 2.45) is 5.41 Å². The summed E-state index contributed by atoms with van der Waals surface area (Å²) in [7, 11) is 0. The zero-order valence-electron chi connectivity index (χ0n) is 19.9. The van der Waals surface area contributed by atoms with Crippen molar-refractivity contribution < 1.29 is 33.7 Å². The van der Waals surface area contributed by atoms with E-state index in [-0.39, 0.29) is 43.8 Å². The minimum absolute atomic E-state index is 0.125. The minimum Gasteiger partial charge on any atom is -0.460 e. The quantitative estimate of drug-likeness (QED) is 0.364. The number of hydrogen-bond acceptors (Lipinski definition) is 7. The average molecular weight is 445 g/mol. The zero-order valence-corrected chi connectivity index (χ0v) is 19.9. The summed E-state index contributed by atoms with van der Waals surface area (Å²) in [5, 5.41) is 12.5. The van der Waals surface area contributed by atoms with Crippen LogP contribution in [0.1, 0.15) is 60.8 Å². The maximum atomic E-state index is 12.8. The highest BCUT2D eigenvalue weighted by atomic mass is 16.6. The molecule has 2 amide bonds. The molecule has 1 aliphatic rings. The molecule has 0 aliphatic carbocycles. The first-order valence-corrected chi connectivity index (χ1v) is 10.9. The monoisotopic (exact) mass is 444 g/mol. The first kappa shape index (κ1) is 27.3. The number of rotatable bonds is 11. The molecule has 0 aromatic carbocycles. The second-order valence-corrected chi connectivity index (χ2v) is 9.90. The van der Waals surface area contributed by atoms with Crippen molar-refractivity contribution in [2.75, 3.05) is 39.5 Å². The van der Waals surface area contributed by atoms with Gasteiger partial charge in [0.2, 0.25) is 11.8 Å². The third-order valence-corrected chi connectivity index (χ3v) is 4.61. The molecule has 0 bridgehead atoms. The van der Waals surface area contributed by atoms with Gasteiger partial charge in [-0.1, -0.05) is 20.8 Å². The summed E-state index contributed by atoms with van der Waals surface area (Å²) in [5.74, 6) is -0.743. The van der Waals surface area contributed by atoms with Gasteiger partial charge in [0.25, 0.3) is 0 Å². The fraction of sp³-hybridized carbons (Fsp3) is 0.864. The summed E-state index contributed by atoms with van der Waals surface area (Å²) in [5.41, 5.74) is -0.962. The number of amides is 2.